The average Bonchev–Trinajstić information content (AvgIpc) is 2.54. The molecule has 0 radical (unpaired) electrons. The number of hydrogen-bond acceptors (Lipinski definition) is 9. The molecule has 0 aromatic heterocycles. The van der Waals surface area contributed by atoms with Crippen molar-refractivity contribution in [1.82, 2.24) is 4.72 Å². The van der Waals surface area contributed by atoms with Crippen molar-refractivity contribution in [3.05, 3.63) is 24.3 Å². The van der Waals surface area contributed by atoms with E-state index in [4.69, 9.17) is 9.84 Å². The minimum Gasteiger partial charge on any atom is -0.479 e. The van der Waals surface area contributed by atoms with Crippen molar-refractivity contribution >= 4 is 27.6 Å². The predicted octanol–water partition coefficient (Wildman–Crippen LogP) is -2.18. The second kappa shape index (κ2) is 7.55. The van der Waals surface area contributed by atoms with Crippen LogP contribution in [0, 0.1) is 0 Å². The fourth-order valence-corrected chi connectivity index (χ4v) is 3.34. The zero-order valence-electron chi connectivity index (χ0n) is 13.4. The Labute approximate surface area is 148 Å². The molecule has 1 amide bonds. The van der Waals surface area contributed by atoms with Gasteiger partial charge in [-0.1, -0.05) is 0 Å². The molecule has 0 aliphatic carbocycles. The van der Waals surface area contributed by atoms with Crippen molar-refractivity contribution in [2.45, 2.75) is 42.5 Å². The number of aliphatic carboxylic acids is 1. The Morgan fingerprint density at radius 1 is 1.04 bits per heavy atom. The number of ether oxygens (including phenoxy) is 1. The Morgan fingerprint density at radius 2 is 1.62 bits per heavy atom. The van der Waals surface area contributed by atoms with E-state index in [0.29, 0.717) is 0 Å². The topological polar surface area (TPSA) is 182 Å². The zero-order valence-corrected chi connectivity index (χ0v) is 14.3. The van der Waals surface area contributed by atoms with Gasteiger partial charge in [-0.05, 0) is 24.3 Å². The van der Waals surface area contributed by atoms with Crippen molar-refractivity contribution in [3.8, 4) is 0 Å². The summed E-state index contributed by atoms with van der Waals surface area (Å²) in [7, 11) is -4.01. The zero-order chi connectivity index (χ0) is 19.6. The first-order valence-electron chi connectivity index (χ1n) is 7.35. The summed E-state index contributed by atoms with van der Waals surface area (Å²) < 4.78 is 30.5. The van der Waals surface area contributed by atoms with Gasteiger partial charge in [0.2, 0.25) is 5.91 Å². The van der Waals surface area contributed by atoms with Gasteiger partial charge in [-0.25, -0.2) is 17.9 Å². The van der Waals surface area contributed by atoms with Crippen LogP contribution in [0.3, 0.4) is 0 Å². The fraction of sp³-hybridized carbons (Fsp3) is 0.429. The molecule has 5 atom stereocenters. The normalized spacial score (nSPS) is 29.0. The summed E-state index contributed by atoms with van der Waals surface area (Å²) in [6.45, 7) is 1.05. The van der Waals surface area contributed by atoms with Crippen LogP contribution in [-0.2, 0) is 24.3 Å². The molecule has 0 spiro atoms. The maximum atomic E-state index is 11.8. The van der Waals surface area contributed by atoms with Crippen LogP contribution in [0.5, 0.6) is 0 Å². The van der Waals surface area contributed by atoms with Gasteiger partial charge < -0.3 is 30.5 Å². The number of carbonyl (C=O) groups excluding carboxylic acids is 1. The first-order valence-corrected chi connectivity index (χ1v) is 8.83. The number of benzene rings is 1. The summed E-state index contributed by atoms with van der Waals surface area (Å²) in [6, 6.07) is 4.92. The van der Waals surface area contributed by atoms with Crippen LogP contribution < -0.4 is 10.0 Å². The molecular weight excluding hydrogens is 372 g/mol. The van der Waals surface area contributed by atoms with Crippen LogP contribution in [0.4, 0.5) is 5.69 Å². The summed E-state index contributed by atoms with van der Waals surface area (Å²) in [6.07, 6.45) is -8.34. The van der Waals surface area contributed by atoms with Crippen LogP contribution in [0.2, 0.25) is 0 Å². The molecule has 0 bridgehead atoms. The van der Waals surface area contributed by atoms with E-state index in [1.165, 1.54) is 24.3 Å². The molecule has 1 heterocycles. The number of nitrogens with one attached hydrogen (secondary N) is 2. The number of hydrogen-bond donors (Lipinski definition) is 6. The van der Waals surface area contributed by atoms with Crippen LogP contribution >= 0.6 is 0 Å². The molecule has 1 aliphatic heterocycles. The third kappa shape index (κ3) is 4.28. The highest BCUT2D eigenvalue weighted by atomic mass is 32.2. The second-order valence-corrected chi connectivity index (χ2v) is 7.30. The van der Waals surface area contributed by atoms with Crippen LogP contribution in [0.1, 0.15) is 6.92 Å². The minimum absolute atomic E-state index is 0.192. The number of carboxylic acid groups (broad SMARTS) is 1. The largest absolute Gasteiger partial charge is 0.479 e. The first kappa shape index (κ1) is 20.1. The molecule has 26 heavy (non-hydrogen) atoms. The van der Waals surface area contributed by atoms with Gasteiger partial charge in [0.15, 0.2) is 12.3 Å². The van der Waals surface area contributed by atoms with Crippen LogP contribution in [0.15, 0.2) is 29.2 Å². The molecule has 2 rings (SSSR count). The van der Waals surface area contributed by atoms with Gasteiger partial charge in [-0.3, -0.25) is 4.79 Å². The molecule has 11 nitrogen and oxygen atoms in total. The monoisotopic (exact) mass is 390 g/mol. The lowest BCUT2D eigenvalue weighted by Crippen LogP contribution is -2.61. The van der Waals surface area contributed by atoms with Gasteiger partial charge in [0.05, 0.1) is 4.90 Å². The highest BCUT2D eigenvalue weighted by Crippen LogP contribution is 2.24. The summed E-state index contributed by atoms with van der Waals surface area (Å²) in [5.41, 5.74) is 0.239. The van der Waals surface area contributed by atoms with E-state index in [-0.39, 0.29) is 10.6 Å². The highest BCUT2D eigenvalue weighted by molar-refractivity contribution is 7.90. The maximum Gasteiger partial charge on any atom is 0.335 e. The Hall–Kier alpha value is -2.25. The quantitative estimate of drug-likeness (QED) is 0.323. The summed E-state index contributed by atoms with van der Waals surface area (Å²) in [5, 5.41) is 40.9. The molecule has 1 aliphatic rings. The second-order valence-electron chi connectivity index (χ2n) is 5.62. The number of rotatable bonds is 5. The van der Waals surface area contributed by atoms with Gasteiger partial charge in [-0.15, -0.1) is 0 Å². The Kier molecular flexibility index (Phi) is 5.83. The minimum atomic E-state index is -4.01. The predicted molar refractivity (Wildman–Crippen MR) is 85.4 cm³/mol. The number of carbonyl (C=O) groups is 2. The Bertz CT molecular complexity index is 780. The SMILES string of the molecule is CC(=O)NS(=O)(=O)c1ccc(NC2OC(C(=O)O)C(O)C(O)C2O)cc1. The molecule has 0 saturated carbocycles. The number of carboxylic acids is 1. The molecule has 1 aromatic rings. The van der Waals surface area contributed by atoms with E-state index in [0.717, 1.165) is 6.92 Å². The first-order chi connectivity index (χ1) is 12.0. The number of amides is 1. The Morgan fingerprint density at radius 3 is 2.12 bits per heavy atom. The Balaban J connectivity index is 2.15. The summed E-state index contributed by atoms with van der Waals surface area (Å²) in [4.78, 5) is 21.8. The van der Waals surface area contributed by atoms with Crippen molar-refractivity contribution < 1.29 is 43.2 Å². The number of aliphatic hydroxyl groups excluding tert-OH is 3. The lowest BCUT2D eigenvalue weighted by molar-refractivity contribution is -0.221. The van der Waals surface area contributed by atoms with Crippen molar-refractivity contribution in [2.24, 2.45) is 0 Å². The van der Waals surface area contributed by atoms with Crippen molar-refractivity contribution in [1.29, 1.82) is 0 Å². The average molecular weight is 390 g/mol. The van der Waals surface area contributed by atoms with Crippen molar-refractivity contribution in [2.75, 3.05) is 5.32 Å². The van der Waals surface area contributed by atoms with E-state index in [1.54, 1.807) is 4.72 Å². The van der Waals surface area contributed by atoms with Gasteiger partial charge in [0.25, 0.3) is 10.0 Å². The van der Waals surface area contributed by atoms with Gasteiger partial charge in [0, 0.05) is 12.6 Å². The molecule has 12 heteroatoms. The van der Waals surface area contributed by atoms with Crippen LogP contribution in [0.25, 0.3) is 0 Å². The molecule has 1 aromatic carbocycles. The van der Waals surface area contributed by atoms with Gasteiger partial charge in [0.1, 0.15) is 18.3 Å². The molecule has 144 valence electrons. The smallest absolute Gasteiger partial charge is 0.335 e. The lowest BCUT2D eigenvalue weighted by atomic mass is 9.98. The van der Waals surface area contributed by atoms with E-state index >= 15 is 0 Å². The third-order valence-corrected chi connectivity index (χ3v) is 5.06. The maximum absolute atomic E-state index is 11.8. The number of aliphatic hydroxyl groups is 3. The van der Waals surface area contributed by atoms with E-state index in [2.05, 4.69) is 5.32 Å². The van der Waals surface area contributed by atoms with E-state index in [1.807, 2.05) is 0 Å². The van der Waals surface area contributed by atoms with Gasteiger partial charge >= 0.3 is 5.97 Å². The van der Waals surface area contributed by atoms with E-state index < -0.39 is 52.5 Å². The van der Waals surface area contributed by atoms with Crippen molar-refractivity contribution in [3.63, 3.8) is 0 Å². The summed E-state index contributed by atoms with van der Waals surface area (Å²) in [5.74, 6) is -2.27. The standard InChI is InChI=1S/C14H18N2O9S/c1-6(17)16-26(23,24)8-4-2-7(3-5-8)15-13-11(20)9(18)10(19)12(25-13)14(21)22/h2-5,9-13,15,18-20H,1H3,(H,16,17)(H,21,22). The van der Waals surface area contributed by atoms with Gasteiger partial charge in [-0.2, -0.15) is 0 Å². The number of sulfonamides is 1. The van der Waals surface area contributed by atoms with Crippen LogP contribution in [-0.4, -0.2) is 71.4 Å². The van der Waals surface area contributed by atoms with E-state index in [9.17, 15) is 33.3 Å². The molecule has 1 saturated heterocycles. The summed E-state index contributed by atoms with van der Waals surface area (Å²) >= 11 is 0. The fourth-order valence-electron chi connectivity index (χ4n) is 2.35. The molecule has 6 N–H and O–H groups in total. The number of anilines is 1. The molecule has 1 fully saturated rings. The highest BCUT2D eigenvalue weighted by Gasteiger charge is 2.46. The molecule has 5 unspecified atom stereocenters. The lowest BCUT2D eigenvalue weighted by Gasteiger charge is -2.39. The molecular formula is C14H18N2O9S. The third-order valence-electron chi connectivity index (χ3n) is 3.61.